The van der Waals surface area contributed by atoms with E-state index in [0.717, 1.165) is 11.3 Å². The number of nitrogen functional groups attached to an aromatic ring is 1. The number of rotatable bonds is 5. The van der Waals surface area contributed by atoms with Crippen LogP contribution in [0.4, 0.5) is 5.69 Å². The van der Waals surface area contributed by atoms with Crippen LogP contribution >= 0.6 is 11.3 Å². The van der Waals surface area contributed by atoms with Crippen LogP contribution in [-0.2, 0) is 6.54 Å². The fourth-order valence-electron chi connectivity index (χ4n) is 1.75. The monoisotopic (exact) mass is 309 g/mol. The number of carbonyl (C=O) groups excluding carboxylic acids is 1. The molecule has 8 heteroatoms. The van der Waals surface area contributed by atoms with E-state index in [-0.39, 0.29) is 28.6 Å². The molecule has 0 fully saturated rings. The van der Waals surface area contributed by atoms with Crippen LogP contribution < -0.4 is 25.4 Å². The molecule has 0 spiro atoms. The highest BCUT2D eigenvalue weighted by Crippen LogP contribution is 2.30. The number of hydrogen-bond acceptors (Lipinski definition) is 6. The summed E-state index contributed by atoms with van der Waals surface area (Å²) in [6, 6.07) is 3.13. The molecule has 1 aromatic carbocycles. The third-order valence-electron chi connectivity index (χ3n) is 2.83. The zero-order chi connectivity index (χ0) is 15.4. The van der Waals surface area contributed by atoms with Crippen molar-refractivity contribution in [2.24, 2.45) is 0 Å². The normalized spacial score (nSPS) is 10.2. The number of hydrogen-bond donors (Lipinski definition) is 3. The van der Waals surface area contributed by atoms with Crippen molar-refractivity contribution in [2.75, 3.05) is 20.0 Å². The molecular formula is C13H15N3O4S. The Labute approximate surface area is 124 Å². The number of aromatic amines is 1. The van der Waals surface area contributed by atoms with Crippen molar-refractivity contribution in [3.05, 3.63) is 38.4 Å². The summed E-state index contributed by atoms with van der Waals surface area (Å²) in [4.78, 5) is 25.7. The minimum absolute atomic E-state index is 0.165. The summed E-state index contributed by atoms with van der Waals surface area (Å²) in [6.45, 7) is 0.205. The fraction of sp³-hybridized carbons (Fsp3) is 0.231. The molecule has 1 amide bonds. The number of thiazole rings is 1. The molecule has 7 nitrogen and oxygen atoms in total. The molecule has 21 heavy (non-hydrogen) atoms. The average molecular weight is 309 g/mol. The third-order valence-corrected chi connectivity index (χ3v) is 3.54. The summed E-state index contributed by atoms with van der Waals surface area (Å²) in [7, 11) is 2.95. The molecule has 0 atom stereocenters. The van der Waals surface area contributed by atoms with Gasteiger partial charge in [-0.3, -0.25) is 9.59 Å². The van der Waals surface area contributed by atoms with Crippen LogP contribution in [0.15, 0.2) is 22.3 Å². The Morgan fingerprint density at radius 1 is 1.38 bits per heavy atom. The highest BCUT2D eigenvalue weighted by Gasteiger charge is 2.16. The van der Waals surface area contributed by atoms with Gasteiger partial charge in [0.1, 0.15) is 11.5 Å². The summed E-state index contributed by atoms with van der Waals surface area (Å²) in [5, 5.41) is 4.33. The summed E-state index contributed by atoms with van der Waals surface area (Å²) < 4.78 is 10.2. The van der Waals surface area contributed by atoms with Crippen LogP contribution in [0.2, 0.25) is 0 Å². The van der Waals surface area contributed by atoms with Gasteiger partial charge in [0.15, 0.2) is 0 Å². The van der Waals surface area contributed by atoms with Crippen LogP contribution in [0.5, 0.6) is 11.5 Å². The first kappa shape index (κ1) is 14.9. The number of aromatic nitrogens is 1. The molecule has 2 rings (SSSR count). The molecule has 112 valence electrons. The molecule has 0 bridgehead atoms. The number of H-pyrrole nitrogens is 1. The van der Waals surface area contributed by atoms with Gasteiger partial charge in [0.05, 0.1) is 32.0 Å². The quantitative estimate of drug-likeness (QED) is 0.713. The lowest BCUT2D eigenvalue weighted by molar-refractivity contribution is 0.0950. The van der Waals surface area contributed by atoms with Gasteiger partial charge in [0.25, 0.3) is 5.91 Å². The first-order chi connectivity index (χ1) is 10.0. The predicted molar refractivity (Wildman–Crippen MR) is 80.1 cm³/mol. The zero-order valence-corrected chi connectivity index (χ0v) is 12.4. The van der Waals surface area contributed by atoms with E-state index < -0.39 is 0 Å². The Hall–Kier alpha value is -2.48. The number of methoxy groups -OCH3 is 2. The summed E-state index contributed by atoms with van der Waals surface area (Å²) in [6.07, 6.45) is 0. The smallest absolute Gasteiger partial charge is 0.304 e. The van der Waals surface area contributed by atoms with E-state index in [1.54, 1.807) is 11.4 Å². The number of nitrogens with two attached hydrogens (primary N) is 1. The van der Waals surface area contributed by atoms with E-state index in [9.17, 15) is 9.59 Å². The Morgan fingerprint density at radius 3 is 2.71 bits per heavy atom. The summed E-state index contributed by atoms with van der Waals surface area (Å²) >= 11 is 1.04. The number of anilines is 1. The minimum atomic E-state index is -0.378. The molecule has 0 unspecified atom stereocenters. The molecular weight excluding hydrogens is 294 g/mol. The maximum atomic E-state index is 12.2. The molecule has 0 aliphatic carbocycles. The SMILES string of the molecule is COc1cc(OC)c(N)c(C(=O)NCc2csc(=O)[nH]2)c1. The van der Waals surface area contributed by atoms with Crippen LogP contribution in [0.3, 0.4) is 0 Å². The number of amides is 1. The first-order valence-electron chi connectivity index (χ1n) is 6.01. The highest BCUT2D eigenvalue weighted by atomic mass is 32.1. The lowest BCUT2D eigenvalue weighted by atomic mass is 10.1. The predicted octanol–water partition coefficient (Wildman–Crippen LogP) is 0.966. The Morgan fingerprint density at radius 2 is 2.14 bits per heavy atom. The molecule has 0 saturated heterocycles. The van der Waals surface area contributed by atoms with E-state index in [2.05, 4.69) is 10.3 Å². The standard InChI is InChI=1S/C13H15N3O4S/c1-19-8-3-9(11(14)10(4-8)20-2)12(17)15-5-7-6-21-13(18)16-7/h3-4,6H,5,14H2,1-2H3,(H,15,17)(H,16,18). The number of carbonyl (C=O) groups is 1. The van der Waals surface area contributed by atoms with Crippen molar-refractivity contribution in [3.63, 3.8) is 0 Å². The van der Waals surface area contributed by atoms with E-state index in [1.165, 1.54) is 20.3 Å². The van der Waals surface area contributed by atoms with E-state index in [0.29, 0.717) is 17.2 Å². The molecule has 0 aliphatic rings. The van der Waals surface area contributed by atoms with Gasteiger partial charge < -0.3 is 25.5 Å². The number of nitrogens with one attached hydrogen (secondary N) is 2. The first-order valence-corrected chi connectivity index (χ1v) is 6.89. The van der Waals surface area contributed by atoms with Crippen molar-refractivity contribution < 1.29 is 14.3 Å². The molecule has 4 N–H and O–H groups in total. The van der Waals surface area contributed by atoms with Crippen LogP contribution in [0.25, 0.3) is 0 Å². The van der Waals surface area contributed by atoms with Crippen molar-refractivity contribution in [1.82, 2.24) is 10.3 Å². The minimum Gasteiger partial charge on any atom is -0.497 e. The van der Waals surface area contributed by atoms with Crippen molar-refractivity contribution in [2.45, 2.75) is 6.54 Å². The second-order valence-corrected chi connectivity index (χ2v) is 4.99. The van der Waals surface area contributed by atoms with Crippen LogP contribution in [0, 0.1) is 0 Å². The lowest BCUT2D eigenvalue weighted by Gasteiger charge is -2.12. The van der Waals surface area contributed by atoms with E-state index >= 15 is 0 Å². The van der Waals surface area contributed by atoms with Crippen molar-refractivity contribution in [3.8, 4) is 11.5 Å². The van der Waals surface area contributed by atoms with Gasteiger partial charge in [0.2, 0.25) is 0 Å². The topological polar surface area (TPSA) is 106 Å². The van der Waals surface area contributed by atoms with Gasteiger partial charge >= 0.3 is 4.87 Å². The largest absolute Gasteiger partial charge is 0.497 e. The average Bonchev–Trinajstić information content (AvgIpc) is 2.90. The maximum Gasteiger partial charge on any atom is 0.304 e. The fourth-order valence-corrected chi connectivity index (χ4v) is 2.33. The number of benzene rings is 1. The molecule has 0 saturated carbocycles. The van der Waals surface area contributed by atoms with Crippen LogP contribution in [0.1, 0.15) is 16.1 Å². The Balaban J connectivity index is 2.19. The van der Waals surface area contributed by atoms with E-state index in [1.807, 2.05) is 0 Å². The summed E-state index contributed by atoms with van der Waals surface area (Å²) in [5.41, 5.74) is 7.01. The second kappa shape index (κ2) is 6.31. The van der Waals surface area contributed by atoms with Crippen LogP contribution in [-0.4, -0.2) is 25.1 Å². The van der Waals surface area contributed by atoms with Gasteiger partial charge in [-0.25, -0.2) is 0 Å². The van der Waals surface area contributed by atoms with Crippen molar-refractivity contribution in [1.29, 1.82) is 0 Å². The van der Waals surface area contributed by atoms with Gasteiger partial charge in [-0.15, -0.1) is 0 Å². The zero-order valence-electron chi connectivity index (χ0n) is 11.6. The number of ether oxygens (including phenoxy) is 2. The molecule has 1 aromatic heterocycles. The Bertz CT molecular complexity index is 708. The maximum absolute atomic E-state index is 12.2. The van der Waals surface area contributed by atoms with Gasteiger partial charge in [0, 0.05) is 17.1 Å². The molecule has 1 heterocycles. The van der Waals surface area contributed by atoms with Crippen molar-refractivity contribution >= 4 is 22.9 Å². The summed E-state index contributed by atoms with van der Waals surface area (Å²) in [5.74, 6) is 0.454. The van der Waals surface area contributed by atoms with Gasteiger partial charge in [-0.2, -0.15) is 0 Å². The molecule has 0 aliphatic heterocycles. The lowest BCUT2D eigenvalue weighted by Crippen LogP contribution is -2.24. The highest BCUT2D eigenvalue weighted by molar-refractivity contribution is 7.07. The molecule has 2 aromatic rings. The van der Waals surface area contributed by atoms with E-state index in [4.69, 9.17) is 15.2 Å². The van der Waals surface area contributed by atoms with Gasteiger partial charge in [-0.05, 0) is 6.07 Å². The molecule has 0 radical (unpaired) electrons. The second-order valence-electron chi connectivity index (χ2n) is 4.15. The third kappa shape index (κ3) is 3.34. The van der Waals surface area contributed by atoms with Gasteiger partial charge in [-0.1, -0.05) is 11.3 Å². The Kier molecular flexibility index (Phi) is 4.49.